The van der Waals surface area contributed by atoms with Gasteiger partial charge in [0.2, 0.25) is 0 Å². The Balaban J connectivity index is 1.69. The van der Waals surface area contributed by atoms with Crippen LogP contribution in [0.3, 0.4) is 0 Å². The highest BCUT2D eigenvalue weighted by atomic mass is 16.5. The average Bonchev–Trinajstić information content (AvgIpc) is 2.93. The van der Waals surface area contributed by atoms with Crippen molar-refractivity contribution in [3.05, 3.63) is 66.1 Å². The van der Waals surface area contributed by atoms with Crippen molar-refractivity contribution in [3.63, 3.8) is 0 Å². The fourth-order valence-electron chi connectivity index (χ4n) is 2.21. The van der Waals surface area contributed by atoms with Gasteiger partial charge in [-0.1, -0.05) is 30.3 Å². The summed E-state index contributed by atoms with van der Waals surface area (Å²) in [6.07, 6.45) is 1.76. The van der Waals surface area contributed by atoms with Crippen LogP contribution in [0.25, 0.3) is 10.8 Å². The van der Waals surface area contributed by atoms with Gasteiger partial charge in [0, 0.05) is 12.1 Å². The number of hydrogen-bond donors (Lipinski definition) is 1. The van der Waals surface area contributed by atoms with E-state index in [-0.39, 0.29) is 0 Å². The van der Waals surface area contributed by atoms with Crippen molar-refractivity contribution in [2.24, 2.45) is 0 Å². The van der Waals surface area contributed by atoms with E-state index in [1.54, 1.807) is 6.26 Å². The smallest absolute Gasteiger partial charge is 0.146 e. The molecule has 0 fully saturated rings. The lowest BCUT2D eigenvalue weighted by atomic mass is 10.1. The maximum Gasteiger partial charge on any atom is 0.146 e. The Kier molecular flexibility index (Phi) is 3.70. The van der Waals surface area contributed by atoms with E-state index >= 15 is 0 Å². The standard InChI is InChI=1S/C17H17NO2/c1-18-10-13-8-17(19-11-13)12-20-16-7-6-14-4-2-3-5-15(14)9-16/h2-9,11,18H,10,12H2,1H3. The summed E-state index contributed by atoms with van der Waals surface area (Å²) in [5.74, 6) is 1.69. The number of hydrogen-bond acceptors (Lipinski definition) is 3. The van der Waals surface area contributed by atoms with Crippen LogP contribution in [-0.2, 0) is 13.2 Å². The lowest BCUT2D eigenvalue weighted by Crippen LogP contribution is -2.03. The van der Waals surface area contributed by atoms with Crippen LogP contribution in [-0.4, -0.2) is 7.05 Å². The quantitative estimate of drug-likeness (QED) is 0.765. The van der Waals surface area contributed by atoms with Gasteiger partial charge in [-0.25, -0.2) is 0 Å². The Bertz CT molecular complexity index is 703. The van der Waals surface area contributed by atoms with Gasteiger partial charge in [0.1, 0.15) is 18.1 Å². The van der Waals surface area contributed by atoms with Gasteiger partial charge in [-0.15, -0.1) is 0 Å². The van der Waals surface area contributed by atoms with Crippen LogP contribution < -0.4 is 10.1 Å². The first-order valence-corrected chi connectivity index (χ1v) is 6.67. The molecule has 0 amide bonds. The van der Waals surface area contributed by atoms with Crippen LogP contribution in [0.2, 0.25) is 0 Å². The highest BCUT2D eigenvalue weighted by molar-refractivity contribution is 5.83. The molecule has 0 bridgehead atoms. The molecule has 0 atom stereocenters. The number of fused-ring (bicyclic) bond motifs is 1. The van der Waals surface area contributed by atoms with E-state index in [0.717, 1.165) is 23.6 Å². The molecule has 20 heavy (non-hydrogen) atoms. The van der Waals surface area contributed by atoms with Gasteiger partial charge in [-0.3, -0.25) is 0 Å². The largest absolute Gasteiger partial charge is 0.486 e. The number of rotatable bonds is 5. The first kappa shape index (κ1) is 12.8. The van der Waals surface area contributed by atoms with Gasteiger partial charge >= 0.3 is 0 Å². The van der Waals surface area contributed by atoms with Gasteiger partial charge in [0.25, 0.3) is 0 Å². The van der Waals surface area contributed by atoms with E-state index in [4.69, 9.17) is 9.15 Å². The van der Waals surface area contributed by atoms with E-state index in [1.165, 1.54) is 10.8 Å². The first-order valence-electron chi connectivity index (χ1n) is 6.67. The minimum absolute atomic E-state index is 0.446. The minimum atomic E-state index is 0.446. The molecule has 1 heterocycles. The van der Waals surface area contributed by atoms with Crippen LogP contribution in [0.4, 0.5) is 0 Å². The topological polar surface area (TPSA) is 34.4 Å². The van der Waals surface area contributed by atoms with Crippen molar-refractivity contribution in [1.82, 2.24) is 5.32 Å². The highest BCUT2D eigenvalue weighted by Crippen LogP contribution is 2.21. The molecule has 1 N–H and O–H groups in total. The molecule has 3 heteroatoms. The summed E-state index contributed by atoms with van der Waals surface area (Å²) in [7, 11) is 1.91. The fraction of sp³-hybridized carbons (Fsp3) is 0.176. The molecular weight excluding hydrogens is 250 g/mol. The fourth-order valence-corrected chi connectivity index (χ4v) is 2.21. The second-order valence-corrected chi connectivity index (χ2v) is 4.75. The van der Waals surface area contributed by atoms with Crippen molar-refractivity contribution >= 4 is 10.8 Å². The Morgan fingerprint density at radius 3 is 2.75 bits per heavy atom. The van der Waals surface area contributed by atoms with Crippen molar-refractivity contribution in [2.75, 3.05) is 7.05 Å². The molecule has 0 aliphatic heterocycles. The molecule has 0 saturated carbocycles. The average molecular weight is 267 g/mol. The van der Waals surface area contributed by atoms with E-state index < -0.39 is 0 Å². The highest BCUT2D eigenvalue weighted by Gasteiger charge is 2.03. The van der Waals surface area contributed by atoms with Crippen LogP contribution in [0.1, 0.15) is 11.3 Å². The molecule has 0 radical (unpaired) electrons. The van der Waals surface area contributed by atoms with Crippen LogP contribution in [0.5, 0.6) is 5.75 Å². The SMILES string of the molecule is CNCc1coc(COc2ccc3ccccc3c2)c1. The molecule has 3 nitrogen and oxygen atoms in total. The summed E-state index contributed by atoms with van der Waals surface area (Å²) in [5, 5.41) is 5.49. The molecule has 3 rings (SSSR count). The minimum Gasteiger partial charge on any atom is -0.486 e. The Hall–Kier alpha value is -2.26. The maximum atomic E-state index is 5.78. The number of benzene rings is 2. The van der Waals surface area contributed by atoms with Crippen molar-refractivity contribution in [2.45, 2.75) is 13.2 Å². The van der Waals surface area contributed by atoms with E-state index in [2.05, 4.69) is 23.5 Å². The predicted octanol–water partition coefficient (Wildman–Crippen LogP) is 3.73. The van der Waals surface area contributed by atoms with Gasteiger partial charge in [0.05, 0.1) is 6.26 Å². The lowest BCUT2D eigenvalue weighted by Gasteiger charge is -2.05. The van der Waals surface area contributed by atoms with Crippen molar-refractivity contribution < 1.29 is 9.15 Å². The zero-order chi connectivity index (χ0) is 13.8. The van der Waals surface area contributed by atoms with Crippen LogP contribution >= 0.6 is 0 Å². The Labute approximate surface area is 118 Å². The summed E-state index contributed by atoms with van der Waals surface area (Å²) in [6.45, 7) is 1.25. The van der Waals surface area contributed by atoms with Gasteiger partial charge in [-0.05, 0) is 36.0 Å². The van der Waals surface area contributed by atoms with E-state index in [1.807, 2.05) is 37.4 Å². The molecule has 3 aromatic rings. The molecule has 0 aliphatic rings. The summed E-state index contributed by atoms with van der Waals surface area (Å²) in [5.41, 5.74) is 1.13. The van der Waals surface area contributed by atoms with Crippen LogP contribution in [0.15, 0.2) is 59.2 Å². The summed E-state index contributed by atoms with van der Waals surface area (Å²) in [4.78, 5) is 0. The molecule has 0 unspecified atom stereocenters. The van der Waals surface area contributed by atoms with E-state index in [0.29, 0.717) is 6.61 Å². The molecule has 0 aliphatic carbocycles. The van der Waals surface area contributed by atoms with Gasteiger partial charge in [0.15, 0.2) is 0 Å². The van der Waals surface area contributed by atoms with Crippen molar-refractivity contribution in [3.8, 4) is 5.75 Å². The van der Waals surface area contributed by atoms with E-state index in [9.17, 15) is 0 Å². The zero-order valence-corrected chi connectivity index (χ0v) is 11.4. The van der Waals surface area contributed by atoms with Gasteiger partial charge in [-0.2, -0.15) is 0 Å². The van der Waals surface area contributed by atoms with Crippen LogP contribution in [0, 0.1) is 0 Å². The van der Waals surface area contributed by atoms with Gasteiger partial charge < -0.3 is 14.5 Å². The third kappa shape index (κ3) is 2.83. The second-order valence-electron chi connectivity index (χ2n) is 4.75. The summed E-state index contributed by atoms with van der Waals surface area (Å²) >= 11 is 0. The monoisotopic (exact) mass is 267 g/mol. The maximum absolute atomic E-state index is 5.78. The molecule has 2 aromatic carbocycles. The molecule has 0 spiro atoms. The predicted molar refractivity (Wildman–Crippen MR) is 79.8 cm³/mol. The summed E-state index contributed by atoms with van der Waals surface area (Å²) < 4.78 is 11.2. The molecular formula is C17H17NO2. The number of nitrogens with one attached hydrogen (secondary N) is 1. The molecule has 1 aromatic heterocycles. The second kappa shape index (κ2) is 5.80. The Morgan fingerprint density at radius 1 is 1.05 bits per heavy atom. The lowest BCUT2D eigenvalue weighted by molar-refractivity contribution is 0.270. The first-order chi connectivity index (χ1) is 9.85. The zero-order valence-electron chi connectivity index (χ0n) is 11.4. The normalized spacial score (nSPS) is 10.8. The Morgan fingerprint density at radius 2 is 1.90 bits per heavy atom. The molecule has 0 saturated heterocycles. The third-order valence-corrected chi connectivity index (χ3v) is 3.19. The van der Waals surface area contributed by atoms with Crippen molar-refractivity contribution in [1.29, 1.82) is 0 Å². The number of furan rings is 1. The molecule has 102 valence electrons. The third-order valence-electron chi connectivity index (χ3n) is 3.19. The summed E-state index contributed by atoms with van der Waals surface area (Å²) in [6, 6.07) is 16.4. The number of ether oxygens (including phenoxy) is 1.